The van der Waals surface area contributed by atoms with E-state index in [9.17, 15) is 0 Å². The minimum absolute atomic E-state index is 0.737. The van der Waals surface area contributed by atoms with E-state index in [1.54, 1.807) is 0 Å². The van der Waals surface area contributed by atoms with Crippen LogP contribution in [0.5, 0.6) is 0 Å². The van der Waals surface area contributed by atoms with Crippen LogP contribution in [0.15, 0.2) is 12.2 Å². The van der Waals surface area contributed by atoms with Crippen molar-refractivity contribution in [2.75, 3.05) is 13.1 Å². The first-order chi connectivity index (χ1) is 5.45. The van der Waals surface area contributed by atoms with Gasteiger partial charge >= 0.3 is 0 Å². The second-order valence-corrected chi connectivity index (χ2v) is 3.24. The molecule has 58 valence electrons. The lowest BCUT2D eigenvalue weighted by Crippen LogP contribution is -2.21. The van der Waals surface area contributed by atoms with Crippen LogP contribution < -0.4 is 0 Å². The van der Waals surface area contributed by atoms with Gasteiger partial charge in [0.05, 0.1) is 0 Å². The highest BCUT2D eigenvalue weighted by atomic mass is 15.1. The summed E-state index contributed by atoms with van der Waals surface area (Å²) in [6.07, 6.45) is 8.26. The van der Waals surface area contributed by atoms with Crippen molar-refractivity contribution < 1.29 is 0 Å². The molecule has 1 heterocycles. The minimum Gasteiger partial charge on any atom is -0.329 e. The SMILES string of the molecule is C(#CN1CC=CCC1)C1CC1. The highest BCUT2D eigenvalue weighted by molar-refractivity contribution is 5.10. The summed E-state index contributed by atoms with van der Waals surface area (Å²) in [5.74, 6) is 4.01. The Hall–Kier alpha value is -0.900. The summed E-state index contributed by atoms with van der Waals surface area (Å²) in [5.41, 5.74) is 0. The molecular formula is C10H13N. The Morgan fingerprint density at radius 1 is 1.27 bits per heavy atom. The second-order valence-electron chi connectivity index (χ2n) is 3.24. The smallest absolute Gasteiger partial charge is 0.0441 e. The maximum absolute atomic E-state index is 3.27. The zero-order chi connectivity index (χ0) is 7.52. The normalized spacial score (nSPS) is 22.7. The van der Waals surface area contributed by atoms with Crippen molar-refractivity contribution in [1.29, 1.82) is 0 Å². The van der Waals surface area contributed by atoms with E-state index in [-0.39, 0.29) is 0 Å². The summed E-state index contributed by atoms with van der Waals surface area (Å²) >= 11 is 0. The predicted molar refractivity (Wildman–Crippen MR) is 45.8 cm³/mol. The van der Waals surface area contributed by atoms with Crippen LogP contribution in [-0.2, 0) is 0 Å². The van der Waals surface area contributed by atoms with Crippen molar-refractivity contribution in [3.8, 4) is 12.0 Å². The summed E-state index contributed by atoms with van der Waals surface area (Å²) in [4.78, 5) is 2.21. The van der Waals surface area contributed by atoms with Crippen LogP contribution in [0.4, 0.5) is 0 Å². The standard InChI is InChI=1S/C10H13N/c1-2-7-11(8-3-1)9-6-10-4-5-10/h1-2,10H,3-5,7-8H2. The number of rotatable bonds is 0. The molecule has 0 spiro atoms. The van der Waals surface area contributed by atoms with Gasteiger partial charge in [0.15, 0.2) is 0 Å². The van der Waals surface area contributed by atoms with Gasteiger partial charge in [0.25, 0.3) is 0 Å². The maximum atomic E-state index is 3.27. The molecule has 1 aliphatic carbocycles. The van der Waals surface area contributed by atoms with Crippen molar-refractivity contribution in [2.24, 2.45) is 5.92 Å². The molecule has 0 unspecified atom stereocenters. The Labute approximate surface area is 68.1 Å². The highest BCUT2D eigenvalue weighted by Gasteiger charge is 2.18. The van der Waals surface area contributed by atoms with Crippen LogP contribution in [-0.4, -0.2) is 18.0 Å². The van der Waals surface area contributed by atoms with Gasteiger partial charge in [-0.15, -0.1) is 0 Å². The van der Waals surface area contributed by atoms with E-state index in [1.165, 1.54) is 19.3 Å². The summed E-state index contributed by atoms with van der Waals surface area (Å²) in [7, 11) is 0. The molecule has 0 radical (unpaired) electrons. The molecule has 1 fully saturated rings. The van der Waals surface area contributed by atoms with Gasteiger partial charge in [-0.05, 0) is 19.3 Å². The molecule has 11 heavy (non-hydrogen) atoms. The van der Waals surface area contributed by atoms with E-state index in [1.807, 2.05) is 0 Å². The van der Waals surface area contributed by atoms with Gasteiger partial charge in [-0.1, -0.05) is 18.1 Å². The quantitative estimate of drug-likeness (QED) is 0.372. The molecule has 1 nitrogen and oxygen atoms in total. The van der Waals surface area contributed by atoms with E-state index < -0.39 is 0 Å². The van der Waals surface area contributed by atoms with Crippen LogP contribution in [0.1, 0.15) is 19.3 Å². The Kier molecular flexibility index (Phi) is 1.85. The molecule has 0 atom stereocenters. The third-order valence-electron chi connectivity index (χ3n) is 2.06. The molecule has 0 bridgehead atoms. The number of nitrogens with zero attached hydrogens (tertiary/aromatic N) is 1. The van der Waals surface area contributed by atoms with E-state index >= 15 is 0 Å². The van der Waals surface area contributed by atoms with E-state index in [0.29, 0.717) is 0 Å². The van der Waals surface area contributed by atoms with Gasteiger partial charge in [-0.25, -0.2) is 0 Å². The molecule has 1 aliphatic heterocycles. The lowest BCUT2D eigenvalue weighted by atomic mass is 10.3. The minimum atomic E-state index is 0.737. The van der Waals surface area contributed by atoms with Crippen molar-refractivity contribution in [3.05, 3.63) is 12.2 Å². The third kappa shape index (κ3) is 2.01. The molecule has 1 heteroatoms. The fourth-order valence-electron chi connectivity index (χ4n) is 1.15. The van der Waals surface area contributed by atoms with Gasteiger partial charge < -0.3 is 4.90 Å². The van der Waals surface area contributed by atoms with Gasteiger partial charge in [-0.2, -0.15) is 0 Å². The van der Waals surface area contributed by atoms with Crippen LogP contribution in [0.25, 0.3) is 0 Å². The molecule has 0 aromatic carbocycles. The van der Waals surface area contributed by atoms with Crippen molar-refractivity contribution in [1.82, 2.24) is 4.90 Å². The molecular weight excluding hydrogens is 134 g/mol. The Balaban J connectivity index is 1.85. The average Bonchev–Trinajstić information content (AvgIpc) is 2.86. The monoisotopic (exact) mass is 147 g/mol. The van der Waals surface area contributed by atoms with Gasteiger partial charge in [0.2, 0.25) is 0 Å². The first-order valence-corrected chi connectivity index (χ1v) is 4.36. The second kappa shape index (κ2) is 3.00. The van der Waals surface area contributed by atoms with Crippen molar-refractivity contribution >= 4 is 0 Å². The van der Waals surface area contributed by atoms with Crippen LogP contribution in [0.2, 0.25) is 0 Å². The topological polar surface area (TPSA) is 3.24 Å². The van der Waals surface area contributed by atoms with E-state index in [4.69, 9.17) is 0 Å². The lowest BCUT2D eigenvalue weighted by Gasteiger charge is -2.17. The first kappa shape index (κ1) is 6.79. The zero-order valence-electron chi connectivity index (χ0n) is 6.71. The lowest BCUT2D eigenvalue weighted by molar-refractivity contribution is 0.433. The Bertz CT molecular complexity index is 215. The van der Waals surface area contributed by atoms with E-state index in [2.05, 4.69) is 29.0 Å². The molecule has 0 aromatic heterocycles. The summed E-state index contributed by atoms with van der Waals surface area (Å²) < 4.78 is 0. The number of hydrogen-bond donors (Lipinski definition) is 0. The Morgan fingerprint density at radius 3 is 2.82 bits per heavy atom. The molecule has 0 N–H and O–H groups in total. The molecule has 1 saturated carbocycles. The largest absolute Gasteiger partial charge is 0.329 e. The molecule has 2 rings (SSSR count). The number of hydrogen-bond acceptors (Lipinski definition) is 1. The predicted octanol–water partition coefficient (Wildman–Crippen LogP) is 1.62. The molecule has 0 amide bonds. The Morgan fingerprint density at radius 2 is 2.18 bits per heavy atom. The fraction of sp³-hybridized carbons (Fsp3) is 0.600. The summed E-state index contributed by atoms with van der Waals surface area (Å²) in [6.45, 7) is 2.15. The zero-order valence-corrected chi connectivity index (χ0v) is 6.71. The van der Waals surface area contributed by atoms with Crippen LogP contribution in [0.3, 0.4) is 0 Å². The van der Waals surface area contributed by atoms with Gasteiger partial charge in [0.1, 0.15) is 0 Å². The highest BCUT2D eigenvalue weighted by Crippen LogP contribution is 2.27. The van der Waals surface area contributed by atoms with Crippen molar-refractivity contribution in [2.45, 2.75) is 19.3 Å². The first-order valence-electron chi connectivity index (χ1n) is 4.36. The average molecular weight is 147 g/mol. The molecule has 0 saturated heterocycles. The third-order valence-corrected chi connectivity index (χ3v) is 2.06. The van der Waals surface area contributed by atoms with E-state index in [0.717, 1.165) is 19.0 Å². The van der Waals surface area contributed by atoms with Crippen LogP contribution in [0, 0.1) is 17.9 Å². The summed E-state index contributed by atoms with van der Waals surface area (Å²) in [5, 5.41) is 0. The van der Waals surface area contributed by atoms with Crippen molar-refractivity contribution in [3.63, 3.8) is 0 Å². The summed E-state index contributed by atoms with van der Waals surface area (Å²) in [6, 6.07) is 3.22. The maximum Gasteiger partial charge on any atom is 0.0441 e. The molecule has 0 aromatic rings. The fourth-order valence-corrected chi connectivity index (χ4v) is 1.15. The van der Waals surface area contributed by atoms with Gasteiger partial charge in [-0.3, -0.25) is 0 Å². The van der Waals surface area contributed by atoms with Crippen LogP contribution >= 0.6 is 0 Å². The molecule has 2 aliphatic rings. The van der Waals surface area contributed by atoms with Gasteiger partial charge in [0, 0.05) is 25.1 Å².